The van der Waals surface area contributed by atoms with Gasteiger partial charge in [-0.05, 0) is 77.0 Å². The van der Waals surface area contributed by atoms with Gasteiger partial charge >= 0.3 is 0 Å². The Labute approximate surface area is 239 Å². The van der Waals surface area contributed by atoms with Crippen molar-refractivity contribution in [1.82, 2.24) is 0 Å². The van der Waals surface area contributed by atoms with Crippen molar-refractivity contribution in [1.29, 1.82) is 0 Å². The summed E-state index contributed by atoms with van der Waals surface area (Å²) in [6, 6.07) is 0. The maximum atomic E-state index is 12.1. The molecule has 0 N–H and O–H groups in total. The molecule has 1 heteroatoms. The average Bonchev–Trinajstić information content (AvgIpc) is 2.92. The van der Waals surface area contributed by atoms with Crippen LogP contribution in [0.3, 0.4) is 0 Å². The van der Waals surface area contributed by atoms with Gasteiger partial charge in [-0.2, -0.15) is 0 Å². The van der Waals surface area contributed by atoms with Crippen molar-refractivity contribution >= 4 is 5.78 Å². The van der Waals surface area contributed by atoms with Crippen LogP contribution in [-0.2, 0) is 4.79 Å². The van der Waals surface area contributed by atoms with E-state index in [0.717, 1.165) is 38.5 Å². The zero-order chi connectivity index (χ0) is 27.6. The van der Waals surface area contributed by atoms with Crippen LogP contribution in [0.1, 0.15) is 181 Å². The minimum atomic E-state index is 0.499. The molecular weight excluding hydrogens is 460 g/mol. The first-order valence-corrected chi connectivity index (χ1v) is 16.9. The Bertz CT molecular complexity index is 530. The monoisotopic (exact) mass is 527 g/mol. The van der Waals surface area contributed by atoms with Gasteiger partial charge < -0.3 is 0 Å². The van der Waals surface area contributed by atoms with E-state index >= 15 is 0 Å². The van der Waals surface area contributed by atoms with Gasteiger partial charge in [0.2, 0.25) is 0 Å². The summed E-state index contributed by atoms with van der Waals surface area (Å²) < 4.78 is 0. The van der Waals surface area contributed by atoms with Gasteiger partial charge in [-0.15, -0.1) is 0 Å². The van der Waals surface area contributed by atoms with E-state index in [0.29, 0.717) is 5.78 Å². The van der Waals surface area contributed by atoms with Crippen LogP contribution in [0.4, 0.5) is 0 Å². The maximum Gasteiger partial charge on any atom is 0.132 e. The van der Waals surface area contributed by atoms with Gasteiger partial charge in [0.05, 0.1) is 0 Å². The molecule has 0 aromatic rings. The van der Waals surface area contributed by atoms with Crippen molar-refractivity contribution in [2.24, 2.45) is 0 Å². The lowest BCUT2D eigenvalue weighted by Gasteiger charge is -2.03. The van der Waals surface area contributed by atoms with Crippen LogP contribution >= 0.6 is 0 Å². The summed E-state index contributed by atoms with van der Waals surface area (Å²) in [6.07, 6.45) is 50.5. The van der Waals surface area contributed by atoms with Crippen molar-refractivity contribution in [3.8, 4) is 0 Å². The topological polar surface area (TPSA) is 17.1 Å². The minimum Gasteiger partial charge on any atom is -0.300 e. The summed E-state index contributed by atoms with van der Waals surface area (Å²) in [5.74, 6) is 0.499. The third-order valence-corrected chi connectivity index (χ3v) is 7.31. The van der Waals surface area contributed by atoms with Gasteiger partial charge in [0, 0.05) is 12.8 Å². The largest absolute Gasteiger partial charge is 0.300 e. The highest BCUT2D eigenvalue weighted by Crippen LogP contribution is 2.13. The van der Waals surface area contributed by atoms with Gasteiger partial charge in [-0.1, -0.05) is 140 Å². The SMILES string of the molecule is CCCCCC=CCC=CCCCCCCCCC(=O)CCCCCCCCC=CCC=CCCCCC. The van der Waals surface area contributed by atoms with Crippen LogP contribution in [0.5, 0.6) is 0 Å². The van der Waals surface area contributed by atoms with Gasteiger partial charge in [0.25, 0.3) is 0 Å². The number of Topliss-reactive ketones (excluding diaryl/α,β-unsaturated/α-hetero) is 1. The summed E-state index contributed by atoms with van der Waals surface area (Å²) in [5, 5.41) is 0. The summed E-state index contributed by atoms with van der Waals surface area (Å²) >= 11 is 0. The number of rotatable bonds is 30. The maximum absolute atomic E-state index is 12.1. The summed E-state index contributed by atoms with van der Waals surface area (Å²) in [4.78, 5) is 12.1. The molecule has 0 aromatic carbocycles. The van der Waals surface area contributed by atoms with Gasteiger partial charge in [0.1, 0.15) is 5.78 Å². The van der Waals surface area contributed by atoms with Crippen LogP contribution in [0.2, 0.25) is 0 Å². The standard InChI is InChI=1S/C37H66O/c1-3-5-7-9-11-13-15-17-19-21-23-25-27-29-31-33-35-37(38)36-34-32-30-28-26-24-22-20-18-16-14-12-10-8-6-4-2/h11-14,17-20H,3-10,15-16,21-36H2,1-2H3. The molecule has 1 nitrogen and oxygen atoms in total. The Kier molecular flexibility index (Phi) is 32.4. The van der Waals surface area contributed by atoms with Crippen molar-refractivity contribution in [2.75, 3.05) is 0 Å². The molecule has 0 fully saturated rings. The van der Waals surface area contributed by atoms with E-state index < -0.39 is 0 Å². The first-order valence-electron chi connectivity index (χ1n) is 16.9. The molecule has 0 bridgehead atoms. The Morgan fingerprint density at radius 3 is 1.00 bits per heavy atom. The summed E-state index contributed by atoms with van der Waals surface area (Å²) in [5.41, 5.74) is 0. The van der Waals surface area contributed by atoms with Crippen LogP contribution in [0, 0.1) is 0 Å². The number of hydrogen-bond acceptors (Lipinski definition) is 1. The molecule has 0 spiro atoms. The predicted molar refractivity (Wildman–Crippen MR) is 173 cm³/mol. The van der Waals surface area contributed by atoms with Crippen molar-refractivity contribution in [3.05, 3.63) is 48.6 Å². The summed E-state index contributed by atoms with van der Waals surface area (Å²) in [7, 11) is 0. The third kappa shape index (κ3) is 32.7. The Morgan fingerprint density at radius 2 is 0.658 bits per heavy atom. The highest BCUT2D eigenvalue weighted by atomic mass is 16.1. The van der Waals surface area contributed by atoms with Gasteiger partial charge in [0.15, 0.2) is 0 Å². The van der Waals surface area contributed by atoms with E-state index in [9.17, 15) is 4.79 Å². The second kappa shape index (κ2) is 33.7. The van der Waals surface area contributed by atoms with E-state index in [2.05, 4.69) is 62.5 Å². The van der Waals surface area contributed by atoms with E-state index in [1.807, 2.05) is 0 Å². The zero-order valence-electron chi connectivity index (χ0n) is 25.9. The van der Waals surface area contributed by atoms with Gasteiger partial charge in [-0.3, -0.25) is 4.79 Å². The van der Waals surface area contributed by atoms with Crippen LogP contribution < -0.4 is 0 Å². The first-order chi connectivity index (χ1) is 18.8. The third-order valence-electron chi connectivity index (χ3n) is 7.31. The number of ketones is 1. The first kappa shape index (κ1) is 36.6. The van der Waals surface area contributed by atoms with Crippen molar-refractivity contribution in [2.45, 2.75) is 181 Å². The molecule has 220 valence electrons. The smallest absolute Gasteiger partial charge is 0.132 e. The second-order valence-corrected chi connectivity index (χ2v) is 11.2. The average molecular weight is 527 g/mol. The fraction of sp³-hybridized carbons (Fsp3) is 0.757. The van der Waals surface area contributed by atoms with E-state index in [4.69, 9.17) is 0 Å². The highest BCUT2D eigenvalue weighted by molar-refractivity contribution is 5.78. The molecule has 0 amide bonds. The molecule has 0 radical (unpaired) electrons. The highest BCUT2D eigenvalue weighted by Gasteiger charge is 2.02. The molecule has 0 atom stereocenters. The number of allylic oxidation sites excluding steroid dienone is 8. The number of carbonyl (C=O) groups is 1. The molecular formula is C37H66O. The number of unbranched alkanes of at least 4 members (excludes halogenated alkanes) is 18. The number of hydrogen-bond donors (Lipinski definition) is 0. The predicted octanol–water partition coefficient (Wildman–Crippen LogP) is 13.0. The van der Waals surface area contributed by atoms with Crippen LogP contribution in [-0.4, -0.2) is 5.78 Å². The molecule has 0 aliphatic heterocycles. The summed E-state index contributed by atoms with van der Waals surface area (Å²) in [6.45, 7) is 4.52. The molecule has 38 heavy (non-hydrogen) atoms. The number of carbonyl (C=O) groups excluding carboxylic acids is 1. The molecule has 0 saturated heterocycles. The normalized spacial score (nSPS) is 12.3. The minimum absolute atomic E-state index is 0.499. The lowest BCUT2D eigenvalue weighted by Crippen LogP contribution is -1.97. The fourth-order valence-electron chi connectivity index (χ4n) is 4.75. The van der Waals surface area contributed by atoms with Crippen LogP contribution in [0.25, 0.3) is 0 Å². The van der Waals surface area contributed by atoms with E-state index in [-0.39, 0.29) is 0 Å². The molecule has 0 rings (SSSR count). The van der Waals surface area contributed by atoms with Crippen molar-refractivity contribution in [3.63, 3.8) is 0 Å². The van der Waals surface area contributed by atoms with Crippen molar-refractivity contribution < 1.29 is 4.79 Å². The Morgan fingerprint density at radius 1 is 0.368 bits per heavy atom. The Hall–Kier alpha value is -1.37. The lowest BCUT2D eigenvalue weighted by atomic mass is 10.0. The quantitative estimate of drug-likeness (QED) is 0.0671. The van der Waals surface area contributed by atoms with E-state index in [1.165, 1.54) is 128 Å². The molecule has 0 aromatic heterocycles. The molecule has 0 unspecified atom stereocenters. The van der Waals surface area contributed by atoms with E-state index in [1.54, 1.807) is 0 Å². The van der Waals surface area contributed by atoms with Crippen LogP contribution in [0.15, 0.2) is 48.6 Å². The zero-order valence-corrected chi connectivity index (χ0v) is 25.9. The Balaban J connectivity index is 3.30. The molecule has 0 aliphatic carbocycles. The van der Waals surface area contributed by atoms with Gasteiger partial charge in [-0.25, -0.2) is 0 Å². The lowest BCUT2D eigenvalue weighted by molar-refractivity contribution is -0.119. The molecule has 0 aliphatic rings. The fourth-order valence-corrected chi connectivity index (χ4v) is 4.75. The molecule has 0 saturated carbocycles. The molecule has 0 heterocycles. The second-order valence-electron chi connectivity index (χ2n) is 11.2.